The lowest BCUT2D eigenvalue weighted by atomic mass is 9.65. The van der Waals surface area contributed by atoms with Crippen LogP contribution in [0.4, 0.5) is 17.1 Å². The van der Waals surface area contributed by atoms with Crippen molar-refractivity contribution in [2.75, 3.05) is 4.90 Å². The minimum Gasteiger partial charge on any atom is -0.310 e. The number of anilines is 3. The second kappa shape index (κ2) is 16.1. The molecule has 0 saturated heterocycles. The van der Waals surface area contributed by atoms with Gasteiger partial charge in [0.2, 0.25) is 0 Å². The van der Waals surface area contributed by atoms with Crippen molar-refractivity contribution >= 4 is 49.6 Å². The van der Waals surface area contributed by atoms with E-state index in [4.69, 9.17) is 0 Å². The molecule has 0 N–H and O–H groups in total. The number of hydrogen-bond acceptors (Lipinski definition) is 1. The van der Waals surface area contributed by atoms with E-state index >= 15 is 0 Å². The number of nitrogens with zero attached hydrogens (tertiary/aromatic N) is 2. The lowest BCUT2D eigenvalue weighted by Gasteiger charge is -2.40. The fourth-order valence-electron chi connectivity index (χ4n) is 15.5. The number of aromatic nitrogens is 1. The summed E-state index contributed by atoms with van der Waals surface area (Å²) in [4.78, 5) is 2.58. The Bertz CT molecular complexity index is 4900. The summed E-state index contributed by atoms with van der Waals surface area (Å²) in [7, 11) is 0. The molecule has 4 aliphatic rings. The van der Waals surface area contributed by atoms with Crippen molar-refractivity contribution in [1.82, 2.24) is 4.57 Å². The third-order valence-corrected chi connectivity index (χ3v) is 18.6. The molecular weight excluding hydrogens is 965 g/mol. The van der Waals surface area contributed by atoms with Gasteiger partial charge in [-0.05, 0) is 148 Å². The zero-order valence-electron chi connectivity index (χ0n) is 43.6. The Morgan fingerprint density at radius 2 is 0.713 bits per heavy atom. The van der Waals surface area contributed by atoms with E-state index in [0.29, 0.717) is 0 Å². The summed E-state index contributed by atoms with van der Waals surface area (Å²) in [6.07, 6.45) is 0. The van der Waals surface area contributed by atoms with Crippen molar-refractivity contribution in [3.63, 3.8) is 0 Å². The van der Waals surface area contributed by atoms with E-state index in [-0.39, 0.29) is 0 Å². The van der Waals surface area contributed by atoms with Gasteiger partial charge in [0.1, 0.15) is 0 Å². The largest absolute Gasteiger partial charge is 0.310 e. The van der Waals surface area contributed by atoms with Crippen LogP contribution in [-0.4, -0.2) is 4.57 Å². The number of rotatable bonds is 5. The lowest BCUT2D eigenvalue weighted by molar-refractivity contribution is 0.748. The SMILES string of the molecule is c1ccc(-c2ccc(-c3ccc(N(c4ccc5c(c4)C4(c6ccccc6-5)c5ccccc5-n5c6ccccc6c6cccc4c65)c4cc5c(c6ccccc46)-c4ccccc4C54c5ccccc5-c5ccccc54)cc3)cc2)cc1. The maximum atomic E-state index is 2.58. The molecule has 2 nitrogen and oxygen atoms in total. The van der Waals surface area contributed by atoms with Gasteiger partial charge in [-0.15, -0.1) is 0 Å². The second-order valence-corrected chi connectivity index (χ2v) is 22.2. The molecule has 3 aliphatic carbocycles. The molecule has 1 atom stereocenters. The van der Waals surface area contributed by atoms with Gasteiger partial charge >= 0.3 is 0 Å². The average Bonchev–Trinajstić information content (AvgIpc) is 4.42. The Hall–Kier alpha value is -10.3. The van der Waals surface area contributed by atoms with Crippen LogP contribution in [-0.2, 0) is 10.8 Å². The van der Waals surface area contributed by atoms with Gasteiger partial charge < -0.3 is 9.47 Å². The first kappa shape index (κ1) is 43.8. The number of hydrogen-bond donors (Lipinski definition) is 0. The van der Waals surface area contributed by atoms with E-state index in [1.807, 2.05) is 0 Å². The van der Waals surface area contributed by atoms with Crippen molar-refractivity contribution in [3.05, 3.63) is 336 Å². The quantitative estimate of drug-likeness (QED) is 0.167. The Kier molecular flexibility index (Phi) is 8.83. The van der Waals surface area contributed by atoms with Crippen LogP contribution in [0.25, 0.3) is 93.9 Å². The molecule has 18 rings (SSSR count). The summed E-state index contributed by atoms with van der Waals surface area (Å²) in [6.45, 7) is 0. The highest BCUT2D eigenvalue weighted by molar-refractivity contribution is 6.14. The molecule has 13 aromatic carbocycles. The topological polar surface area (TPSA) is 8.17 Å². The van der Waals surface area contributed by atoms with E-state index in [1.165, 1.54) is 138 Å². The van der Waals surface area contributed by atoms with Crippen molar-refractivity contribution in [2.45, 2.75) is 10.8 Å². The van der Waals surface area contributed by atoms with E-state index < -0.39 is 10.8 Å². The van der Waals surface area contributed by atoms with E-state index in [0.717, 1.165) is 17.1 Å². The van der Waals surface area contributed by atoms with E-state index in [2.05, 4.69) is 301 Å². The molecule has 0 bridgehead atoms. The van der Waals surface area contributed by atoms with Crippen molar-refractivity contribution < 1.29 is 0 Å². The van der Waals surface area contributed by atoms with Gasteiger partial charge in [0.15, 0.2) is 0 Å². The maximum Gasteiger partial charge on any atom is 0.0755 e. The normalized spacial score (nSPS) is 15.2. The molecule has 1 aromatic heterocycles. The molecule has 2 spiro atoms. The van der Waals surface area contributed by atoms with Gasteiger partial charge in [0, 0.05) is 27.5 Å². The Labute approximate surface area is 464 Å². The van der Waals surface area contributed by atoms with Crippen LogP contribution in [0.1, 0.15) is 44.5 Å². The highest BCUT2D eigenvalue weighted by Gasteiger charge is 2.54. The molecule has 0 radical (unpaired) electrons. The summed E-state index contributed by atoms with van der Waals surface area (Å²) in [6, 6.07) is 110. The van der Waals surface area contributed by atoms with Gasteiger partial charge in [-0.1, -0.05) is 249 Å². The smallest absolute Gasteiger partial charge is 0.0755 e. The summed E-state index contributed by atoms with van der Waals surface area (Å²) in [5.74, 6) is 0. The number of fused-ring (bicyclic) bond motifs is 24. The van der Waals surface area contributed by atoms with Crippen LogP contribution in [0.2, 0.25) is 0 Å². The summed E-state index contributed by atoms with van der Waals surface area (Å²) < 4.78 is 2.54. The molecule has 370 valence electrons. The Balaban J connectivity index is 0.922. The van der Waals surface area contributed by atoms with Crippen LogP contribution in [0.3, 0.4) is 0 Å². The minimum absolute atomic E-state index is 0.536. The number of para-hydroxylation sites is 3. The standard InChI is InChI=1S/C78H48N2/c1-2-19-49(20-3-1)50-37-39-51(40-38-50)52-41-43-53(44-42-52)79(74-48-71-75(61-26-5-4-24-59(61)74)63-27-9-14-32-67(63)77(71)64-29-11-6-21-55(64)56-22-7-12-30-65(56)77)54-45-46-58-57-23-8-13-31-66(57)78(70(58)47-54)68-33-15-17-36-73(68)80-72-35-16-10-25-60(72)62-28-18-34-69(78)76(62)80/h1-48H. The predicted octanol–water partition coefficient (Wildman–Crippen LogP) is 19.8. The van der Waals surface area contributed by atoms with Gasteiger partial charge in [-0.3, -0.25) is 0 Å². The van der Waals surface area contributed by atoms with Gasteiger partial charge in [-0.25, -0.2) is 0 Å². The fourth-order valence-corrected chi connectivity index (χ4v) is 15.5. The van der Waals surface area contributed by atoms with E-state index in [1.54, 1.807) is 0 Å². The molecule has 1 unspecified atom stereocenters. The van der Waals surface area contributed by atoms with Crippen LogP contribution in [0.5, 0.6) is 0 Å². The minimum atomic E-state index is -0.618. The Morgan fingerprint density at radius 1 is 0.263 bits per heavy atom. The van der Waals surface area contributed by atoms with Gasteiger partial charge in [0.05, 0.1) is 33.2 Å². The molecule has 14 aromatic rings. The first-order valence-electron chi connectivity index (χ1n) is 28.0. The van der Waals surface area contributed by atoms with Crippen molar-refractivity contribution in [1.29, 1.82) is 0 Å². The first-order valence-corrected chi connectivity index (χ1v) is 28.0. The lowest BCUT2D eigenvalue weighted by Crippen LogP contribution is -2.33. The van der Waals surface area contributed by atoms with E-state index in [9.17, 15) is 0 Å². The molecule has 1 aliphatic heterocycles. The Morgan fingerprint density at radius 3 is 1.38 bits per heavy atom. The molecule has 2 heterocycles. The summed E-state index contributed by atoms with van der Waals surface area (Å²) >= 11 is 0. The van der Waals surface area contributed by atoms with Gasteiger partial charge in [0.25, 0.3) is 0 Å². The first-order chi connectivity index (χ1) is 39.7. The third-order valence-electron chi connectivity index (χ3n) is 18.6. The monoisotopic (exact) mass is 1010 g/mol. The molecule has 2 heteroatoms. The maximum absolute atomic E-state index is 2.58. The van der Waals surface area contributed by atoms with Crippen LogP contribution < -0.4 is 4.90 Å². The highest BCUT2D eigenvalue weighted by atomic mass is 15.1. The van der Waals surface area contributed by atoms with Crippen LogP contribution >= 0.6 is 0 Å². The highest BCUT2D eigenvalue weighted by Crippen LogP contribution is 2.66. The molecule has 0 fully saturated rings. The van der Waals surface area contributed by atoms with Crippen molar-refractivity contribution in [3.8, 4) is 61.3 Å². The van der Waals surface area contributed by atoms with Crippen LogP contribution in [0.15, 0.2) is 291 Å². The molecular formula is C78H48N2. The average molecular weight is 1010 g/mol. The van der Waals surface area contributed by atoms with Crippen molar-refractivity contribution in [2.24, 2.45) is 0 Å². The molecule has 0 saturated carbocycles. The summed E-state index contributed by atoms with van der Waals surface area (Å²) in [5.41, 5.74) is 29.0. The fraction of sp³-hybridized carbons (Fsp3) is 0.0256. The number of benzene rings is 13. The van der Waals surface area contributed by atoms with Crippen LogP contribution in [0, 0.1) is 0 Å². The third kappa shape index (κ3) is 5.52. The zero-order valence-corrected chi connectivity index (χ0v) is 43.6. The molecule has 0 amide bonds. The predicted molar refractivity (Wildman–Crippen MR) is 331 cm³/mol. The second-order valence-electron chi connectivity index (χ2n) is 22.2. The zero-order chi connectivity index (χ0) is 52.3. The summed E-state index contributed by atoms with van der Waals surface area (Å²) in [5, 5.41) is 5.00. The molecule has 80 heavy (non-hydrogen) atoms. The van der Waals surface area contributed by atoms with Gasteiger partial charge in [-0.2, -0.15) is 0 Å².